The molecule has 6 heteroatoms. The zero-order valence-corrected chi connectivity index (χ0v) is 11.2. The number of nitrogens with two attached hydrogens (primary N) is 1. The lowest BCUT2D eigenvalue weighted by Crippen LogP contribution is -2.36. The maximum Gasteiger partial charge on any atom is 0.264 e. The van der Waals surface area contributed by atoms with Crippen LogP contribution in [0.2, 0.25) is 0 Å². The number of Topliss-reactive ketones (excluding diaryl/α,β-unsaturated/α-hetero) is 2. The van der Waals surface area contributed by atoms with Gasteiger partial charge in [0, 0.05) is 13.5 Å². The van der Waals surface area contributed by atoms with E-state index in [2.05, 4.69) is 4.98 Å². The fourth-order valence-electron chi connectivity index (χ4n) is 2.37. The highest BCUT2D eigenvalue weighted by atomic mass is 16.2. The van der Waals surface area contributed by atoms with Crippen LogP contribution in [0.15, 0.2) is 22.9 Å². The van der Waals surface area contributed by atoms with Crippen molar-refractivity contribution in [1.29, 1.82) is 0 Å². The lowest BCUT2D eigenvalue weighted by Gasteiger charge is -2.24. The highest BCUT2D eigenvalue weighted by Gasteiger charge is 2.30. The number of anilines is 1. The topological polar surface area (TPSA) is 95.0 Å². The van der Waals surface area contributed by atoms with E-state index in [1.54, 1.807) is 0 Å². The van der Waals surface area contributed by atoms with Crippen LogP contribution in [0.5, 0.6) is 0 Å². The molecular weight excluding hydrogens is 270 g/mol. The summed E-state index contributed by atoms with van der Waals surface area (Å²) in [5, 5.41) is -0.320. The Bertz CT molecular complexity index is 1050. The van der Waals surface area contributed by atoms with Crippen molar-refractivity contribution in [3.63, 3.8) is 0 Å². The molecule has 2 aromatic rings. The van der Waals surface area contributed by atoms with Gasteiger partial charge >= 0.3 is 0 Å². The van der Waals surface area contributed by atoms with E-state index < -0.39 is 60.5 Å². The number of hydrogen-bond donors (Lipinski definition) is 1. The molecule has 1 heterocycles. The fraction of sp³-hybridized carbons (Fsp3) is 0.333. The first-order valence-corrected chi connectivity index (χ1v) is 6.28. The molecule has 1 aliphatic carbocycles. The number of fused-ring (bicyclic) bond motifs is 1. The van der Waals surface area contributed by atoms with Gasteiger partial charge in [-0.3, -0.25) is 19.0 Å². The molecule has 0 spiro atoms. The number of carbonyl (C=O) groups is 2. The van der Waals surface area contributed by atoms with Gasteiger partial charge in [0.25, 0.3) is 5.56 Å². The number of benzene rings is 1. The van der Waals surface area contributed by atoms with Crippen molar-refractivity contribution >= 4 is 28.2 Å². The molecule has 0 saturated heterocycles. The molecular formula is C15H15N3O3. The van der Waals surface area contributed by atoms with Gasteiger partial charge in [0.2, 0.25) is 0 Å². The van der Waals surface area contributed by atoms with Crippen molar-refractivity contribution in [2.75, 3.05) is 5.73 Å². The van der Waals surface area contributed by atoms with Crippen LogP contribution in [0.1, 0.15) is 37.9 Å². The molecule has 1 aliphatic rings. The van der Waals surface area contributed by atoms with Crippen LogP contribution in [-0.2, 0) is 9.59 Å². The number of nitrogen functional groups attached to an aromatic ring is 1. The summed E-state index contributed by atoms with van der Waals surface area (Å²) in [6.45, 7) is 1.35. The predicted octanol–water partition coefficient (Wildman–Crippen LogP) is 1.15. The number of ketones is 2. The zero-order valence-electron chi connectivity index (χ0n) is 16.2. The quantitative estimate of drug-likeness (QED) is 0.628. The molecule has 2 atom stereocenters. The number of rotatable bonds is 1. The van der Waals surface area contributed by atoms with E-state index in [-0.39, 0.29) is 22.4 Å². The fourth-order valence-corrected chi connectivity index (χ4v) is 2.37. The van der Waals surface area contributed by atoms with E-state index in [1.807, 2.05) is 0 Å². The van der Waals surface area contributed by atoms with Crippen LogP contribution in [0.25, 0.3) is 10.9 Å². The van der Waals surface area contributed by atoms with Crippen LogP contribution >= 0.6 is 0 Å². The molecule has 3 rings (SSSR count). The van der Waals surface area contributed by atoms with E-state index in [9.17, 15) is 14.4 Å². The second kappa shape index (κ2) is 4.80. The van der Waals surface area contributed by atoms with E-state index in [0.29, 0.717) is 0 Å². The number of carbonyl (C=O) groups excluding carboxylic acids is 2. The van der Waals surface area contributed by atoms with Gasteiger partial charge in [0.05, 0.1) is 28.8 Å². The van der Waals surface area contributed by atoms with Gasteiger partial charge in [0.15, 0.2) is 5.78 Å². The highest BCUT2D eigenvalue weighted by molar-refractivity contribution is 6.03. The maximum atomic E-state index is 13.0. The summed E-state index contributed by atoms with van der Waals surface area (Å²) >= 11 is 0. The molecule has 0 aliphatic heterocycles. The minimum absolute atomic E-state index is 0.0718. The third-order valence-electron chi connectivity index (χ3n) is 3.35. The minimum Gasteiger partial charge on any atom is -0.398 e. The number of aryl methyl sites for hydroxylation is 1. The van der Waals surface area contributed by atoms with Gasteiger partial charge < -0.3 is 5.73 Å². The smallest absolute Gasteiger partial charge is 0.264 e. The third kappa shape index (κ3) is 2.12. The normalized spacial score (nSPS) is 29.6. The number of hydrogen-bond acceptors (Lipinski definition) is 5. The van der Waals surface area contributed by atoms with Gasteiger partial charge in [-0.1, -0.05) is 6.04 Å². The van der Waals surface area contributed by atoms with Crippen LogP contribution in [0, 0.1) is 6.92 Å². The first-order valence-electron chi connectivity index (χ1n) is 8.85. The maximum absolute atomic E-state index is 13.0. The molecule has 0 amide bonds. The van der Waals surface area contributed by atoms with Gasteiger partial charge in [-0.2, -0.15) is 0 Å². The Morgan fingerprint density at radius 1 is 1.48 bits per heavy atom. The molecule has 2 unspecified atom stereocenters. The first-order chi connectivity index (χ1) is 12.0. The van der Waals surface area contributed by atoms with Crippen LogP contribution in [0.4, 0.5) is 5.69 Å². The van der Waals surface area contributed by atoms with Crippen molar-refractivity contribution in [1.82, 2.24) is 9.55 Å². The predicted molar refractivity (Wildman–Crippen MR) is 78.1 cm³/mol. The van der Waals surface area contributed by atoms with Crippen molar-refractivity contribution in [3.8, 4) is 0 Å². The lowest BCUT2D eigenvalue weighted by molar-refractivity contribution is -0.132. The van der Waals surface area contributed by atoms with Gasteiger partial charge in [-0.25, -0.2) is 4.98 Å². The summed E-state index contributed by atoms with van der Waals surface area (Å²) in [4.78, 5) is 41.1. The summed E-state index contributed by atoms with van der Waals surface area (Å²) < 4.78 is 40.4. The zero-order chi connectivity index (χ0) is 19.5. The molecule has 6 nitrogen and oxygen atoms in total. The molecule has 21 heavy (non-hydrogen) atoms. The summed E-state index contributed by atoms with van der Waals surface area (Å²) in [5.74, 6) is -1.51. The van der Waals surface area contributed by atoms with E-state index in [1.165, 1.54) is 6.92 Å². The van der Waals surface area contributed by atoms with Gasteiger partial charge in [0.1, 0.15) is 11.6 Å². The van der Waals surface area contributed by atoms with Crippen LogP contribution in [-0.4, -0.2) is 21.1 Å². The summed E-state index contributed by atoms with van der Waals surface area (Å²) in [6, 6.07) is -3.64. The largest absolute Gasteiger partial charge is 0.398 e. The molecule has 1 aromatic carbocycles. The average Bonchev–Trinajstić information content (AvgIpc) is 2.56. The Morgan fingerprint density at radius 2 is 2.24 bits per heavy atom. The molecule has 1 aromatic heterocycles. The molecule has 108 valence electrons. The van der Waals surface area contributed by atoms with Crippen LogP contribution in [0.3, 0.4) is 0 Å². The second-order valence-electron chi connectivity index (χ2n) is 4.73. The van der Waals surface area contributed by atoms with Crippen LogP contribution < -0.4 is 11.3 Å². The lowest BCUT2D eigenvalue weighted by atomic mass is 9.92. The Labute approximate surface area is 127 Å². The van der Waals surface area contributed by atoms with Crippen molar-refractivity contribution < 1.29 is 16.4 Å². The highest BCUT2D eigenvalue weighted by Crippen LogP contribution is 2.24. The molecule has 0 radical (unpaired) electrons. The van der Waals surface area contributed by atoms with E-state index in [4.69, 9.17) is 12.6 Å². The van der Waals surface area contributed by atoms with E-state index >= 15 is 0 Å². The second-order valence-corrected chi connectivity index (χ2v) is 4.73. The summed E-state index contributed by atoms with van der Waals surface area (Å²) in [7, 11) is 0. The van der Waals surface area contributed by atoms with Crippen molar-refractivity contribution in [2.45, 2.75) is 32.2 Å². The Kier molecular flexibility index (Phi) is 1.99. The minimum atomic E-state index is -2.20. The Balaban J connectivity index is 2.41. The molecule has 2 N–H and O–H groups in total. The van der Waals surface area contributed by atoms with Gasteiger partial charge in [-0.05, 0) is 25.4 Å². The first kappa shape index (κ1) is 8.71. The SMILES string of the molecule is [2H]c1c([2H])c(N)c2c(=O)n(C3([2H])CC([2H])C(=O)CC3=O)c(C)nc2c1[2H]. The summed E-state index contributed by atoms with van der Waals surface area (Å²) in [5.41, 5.74) is 4.33. The standard InChI is InChI=1S/C15H15N3O3/c1-8-17-11-4-2-3-10(16)14(11)15(21)18(8)12-6-5-9(19)7-13(12)20/h2-4,12H,5-7,16H2,1H3/i2D,3D,4D,5D,12D. The molecule has 0 bridgehead atoms. The monoisotopic (exact) mass is 290 g/mol. The number of nitrogens with zero attached hydrogens (tertiary/aromatic N) is 2. The van der Waals surface area contributed by atoms with Crippen molar-refractivity contribution in [3.05, 3.63) is 34.3 Å². The Morgan fingerprint density at radius 3 is 3.00 bits per heavy atom. The molecule has 1 saturated carbocycles. The third-order valence-corrected chi connectivity index (χ3v) is 3.35. The Hall–Kier alpha value is -2.50. The average molecular weight is 290 g/mol. The number of aromatic nitrogens is 2. The van der Waals surface area contributed by atoms with Gasteiger partial charge in [-0.15, -0.1) is 0 Å². The van der Waals surface area contributed by atoms with Crippen molar-refractivity contribution in [2.24, 2.45) is 0 Å². The van der Waals surface area contributed by atoms with E-state index in [0.717, 1.165) is 4.57 Å². The summed E-state index contributed by atoms with van der Waals surface area (Å²) in [6.07, 6.45) is -2.45. The molecule has 1 fully saturated rings.